The van der Waals surface area contributed by atoms with Crippen molar-refractivity contribution in [1.82, 2.24) is 5.32 Å². The van der Waals surface area contributed by atoms with Gasteiger partial charge in [-0.05, 0) is 48.9 Å². The van der Waals surface area contributed by atoms with Gasteiger partial charge in [0.05, 0.1) is 14.2 Å². The summed E-state index contributed by atoms with van der Waals surface area (Å²) in [4.78, 5) is 12.3. The molecule has 1 aliphatic rings. The monoisotopic (exact) mass is 370 g/mol. The fourth-order valence-electron chi connectivity index (χ4n) is 3.51. The van der Waals surface area contributed by atoms with E-state index in [0.29, 0.717) is 25.3 Å². The molecule has 1 aromatic rings. The molecule has 0 aromatic heterocycles. The summed E-state index contributed by atoms with van der Waals surface area (Å²) in [6.45, 7) is 0.513. The predicted molar refractivity (Wildman–Crippen MR) is 103 cm³/mol. The predicted octanol–water partition coefficient (Wildman–Crippen LogP) is 3.08. The maximum atomic E-state index is 12.3. The Balaban J connectivity index is 0.00000312. The molecule has 0 aliphatic heterocycles. The minimum absolute atomic E-state index is 0. The molecule has 1 amide bonds. The second kappa shape index (κ2) is 11.2. The lowest BCUT2D eigenvalue weighted by atomic mass is 9.84. The van der Waals surface area contributed by atoms with Gasteiger partial charge in [0.2, 0.25) is 5.91 Å². The van der Waals surface area contributed by atoms with E-state index in [1.165, 1.54) is 32.1 Å². The number of hydrogen-bond donors (Lipinski definition) is 2. The summed E-state index contributed by atoms with van der Waals surface area (Å²) in [5.41, 5.74) is 6.87. The van der Waals surface area contributed by atoms with Crippen molar-refractivity contribution in [3.8, 4) is 11.5 Å². The summed E-state index contributed by atoms with van der Waals surface area (Å²) in [5.74, 6) is 2.14. The van der Waals surface area contributed by atoms with E-state index in [1.807, 2.05) is 18.2 Å². The zero-order chi connectivity index (χ0) is 17.4. The fourth-order valence-corrected chi connectivity index (χ4v) is 3.51. The molecule has 1 unspecified atom stereocenters. The molecule has 0 spiro atoms. The van der Waals surface area contributed by atoms with Crippen LogP contribution in [-0.4, -0.2) is 32.7 Å². The molecule has 0 radical (unpaired) electrons. The molecule has 0 saturated heterocycles. The Bertz CT molecular complexity index is 533. The van der Waals surface area contributed by atoms with Gasteiger partial charge in [-0.25, -0.2) is 0 Å². The maximum Gasteiger partial charge on any atom is 0.220 e. The van der Waals surface area contributed by atoms with Crippen LogP contribution < -0.4 is 20.5 Å². The first-order chi connectivity index (χ1) is 11.7. The topological polar surface area (TPSA) is 73.6 Å². The summed E-state index contributed by atoms with van der Waals surface area (Å²) >= 11 is 0. The first kappa shape index (κ1) is 21.6. The average molecular weight is 371 g/mol. The first-order valence-electron chi connectivity index (χ1n) is 8.88. The molecule has 1 aliphatic carbocycles. The molecular weight excluding hydrogens is 340 g/mol. The first-order valence-corrected chi connectivity index (χ1v) is 8.88. The standard InChI is InChI=1S/C19H30N2O3.ClH/c1-23-16-9-10-18(24-2)15(12-16)8-11-19(22)21-17(13-20)14-6-4-3-5-7-14;/h9-10,12,14,17H,3-8,11,13,20H2,1-2H3,(H,21,22);1H. The van der Waals surface area contributed by atoms with Crippen LogP contribution in [0.2, 0.25) is 0 Å². The highest BCUT2D eigenvalue weighted by Crippen LogP contribution is 2.27. The molecule has 1 aromatic carbocycles. The smallest absolute Gasteiger partial charge is 0.220 e. The highest BCUT2D eigenvalue weighted by molar-refractivity contribution is 5.85. The number of nitrogens with one attached hydrogen (secondary N) is 1. The van der Waals surface area contributed by atoms with Gasteiger partial charge in [0.1, 0.15) is 11.5 Å². The number of ether oxygens (including phenoxy) is 2. The van der Waals surface area contributed by atoms with Gasteiger partial charge in [-0.15, -0.1) is 12.4 Å². The SMILES string of the molecule is COc1ccc(OC)c(CCC(=O)NC(CN)C2CCCCC2)c1.Cl. The van der Waals surface area contributed by atoms with Crippen molar-refractivity contribution < 1.29 is 14.3 Å². The van der Waals surface area contributed by atoms with Gasteiger partial charge in [0, 0.05) is 19.0 Å². The number of halogens is 1. The van der Waals surface area contributed by atoms with Crippen LogP contribution in [0, 0.1) is 5.92 Å². The average Bonchev–Trinajstić information content (AvgIpc) is 2.64. The van der Waals surface area contributed by atoms with Crippen molar-refractivity contribution in [1.29, 1.82) is 0 Å². The number of methoxy groups -OCH3 is 2. The van der Waals surface area contributed by atoms with Crippen molar-refractivity contribution in [2.45, 2.75) is 51.0 Å². The molecule has 25 heavy (non-hydrogen) atoms. The lowest BCUT2D eigenvalue weighted by molar-refractivity contribution is -0.122. The van der Waals surface area contributed by atoms with E-state index in [2.05, 4.69) is 5.32 Å². The van der Waals surface area contributed by atoms with Crippen LogP contribution in [0.5, 0.6) is 11.5 Å². The van der Waals surface area contributed by atoms with Crippen molar-refractivity contribution in [2.75, 3.05) is 20.8 Å². The molecule has 5 nitrogen and oxygen atoms in total. The molecular formula is C19H31ClN2O3. The highest BCUT2D eigenvalue weighted by Gasteiger charge is 2.23. The Hall–Kier alpha value is -1.46. The van der Waals surface area contributed by atoms with Gasteiger partial charge in [-0.1, -0.05) is 19.3 Å². The zero-order valence-corrected chi connectivity index (χ0v) is 16.1. The summed E-state index contributed by atoms with van der Waals surface area (Å²) in [7, 11) is 3.27. The Morgan fingerprint density at radius 1 is 1.24 bits per heavy atom. The Kier molecular flexibility index (Phi) is 9.68. The van der Waals surface area contributed by atoms with Crippen LogP contribution in [0.4, 0.5) is 0 Å². The largest absolute Gasteiger partial charge is 0.497 e. The van der Waals surface area contributed by atoms with Crippen molar-refractivity contribution >= 4 is 18.3 Å². The molecule has 6 heteroatoms. The third kappa shape index (κ3) is 6.40. The number of hydrogen-bond acceptors (Lipinski definition) is 4. The zero-order valence-electron chi connectivity index (χ0n) is 15.3. The molecule has 1 atom stereocenters. The molecule has 1 fully saturated rings. The van der Waals surface area contributed by atoms with Crippen LogP contribution in [-0.2, 0) is 11.2 Å². The number of aryl methyl sites for hydroxylation is 1. The summed E-state index contributed by atoms with van der Waals surface area (Å²) < 4.78 is 10.6. The quantitative estimate of drug-likeness (QED) is 0.737. The van der Waals surface area contributed by atoms with Crippen LogP contribution >= 0.6 is 12.4 Å². The number of carbonyl (C=O) groups excluding carboxylic acids is 1. The molecule has 1 saturated carbocycles. The Morgan fingerprint density at radius 3 is 2.56 bits per heavy atom. The highest BCUT2D eigenvalue weighted by atomic mass is 35.5. The summed E-state index contributed by atoms with van der Waals surface area (Å²) in [5, 5.41) is 3.14. The fraction of sp³-hybridized carbons (Fsp3) is 0.632. The molecule has 142 valence electrons. The van der Waals surface area contributed by atoms with E-state index < -0.39 is 0 Å². The van der Waals surface area contributed by atoms with Crippen molar-refractivity contribution in [3.05, 3.63) is 23.8 Å². The number of amides is 1. The minimum atomic E-state index is 0. The molecule has 2 rings (SSSR count). The van der Waals surface area contributed by atoms with E-state index in [0.717, 1.165) is 17.1 Å². The van der Waals surface area contributed by atoms with E-state index in [4.69, 9.17) is 15.2 Å². The van der Waals surface area contributed by atoms with Gasteiger partial charge < -0.3 is 20.5 Å². The third-order valence-electron chi connectivity index (χ3n) is 4.93. The third-order valence-corrected chi connectivity index (χ3v) is 4.93. The maximum absolute atomic E-state index is 12.3. The van der Waals surface area contributed by atoms with Crippen molar-refractivity contribution in [2.24, 2.45) is 11.7 Å². The Labute approximate surface area is 157 Å². The van der Waals surface area contributed by atoms with E-state index in [9.17, 15) is 4.79 Å². The second-order valence-electron chi connectivity index (χ2n) is 6.49. The van der Waals surface area contributed by atoms with E-state index >= 15 is 0 Å². The number of rotatable bonds is 8. The Morgan fingerprint density at radius 2 is 1.96 bits per heavy atom. The summed E-state index contributed by atoms with van der Waals surface area (Å²) in [6.07, 6.45) is 7.19. The van der Waals surface area contributed by atoms with Crippen LogP contribution in [0.1, 0.15) is 44.1 Å². The normalized spacial score (nSPS) is 15.8. The van der Waals surface area contributed by atoms with E-state index in [1.54, 1.807) is 14.2 Å². The van der Waals surface area contributed by atoms with Gasteiger partial charge in [0.25, 0.3) is 0 Å². The van der Waals surface area contributed by atoms with Gasteiger partial charge in [0.15, 0.2) is 0 Å². The number of nitrogens with two attached hydrogens (primary N) is 1. The van der Waals surface area contributed by atoms with Crippen LogP contribution in [0.15, 0.2) is 18.2 Å². The second-order valence-corrected chi connectivity index (χ2v) is 6.49. The number of carbonyl (C=O) groups is 1. The van der Waals surface area contributed by atoms with Crippen molar-refractivity contribution in [3.63, 3.8) is 0 Å². The lowest BCUT2D eigenvalue weighted by Gasteiger charge is -2.30. The van der Waals surface area contributed by atoms with Gasteiger partial charge >= 0.3 is 0 Å². The van der Waals surface area contributed by atoms with Crippen LogP contribution in [0.3, 0.4) is 0 Å². The molecule has 0 heterocycles. The summed E-state index contributed by atoms with van der Waals surface area (Å²) in [6, 6.07) is 5.76. The van der Waals surface area contributed by atoms with Crippen LogP contribution in [0.25, 0.3) is 0 Å². The number of benzene rings is 1. The minimum Gasteiger partial charge on any atom is -0.497 e. The van der Waals surface area contributed by atoms with E-state index in [-0.39, 0.29) is 24.4 Å². The molecule has 0 bridgehead atoms. The van der Waals surface area contributed by atoms with Gasteiger partial charge in [-0.3, -0.25) is 4.79 Å². The van der Waals surface area contributed by atoms with Gasteiger partial charge in [-0.2, -0.15) is 0 Å². The lowest BCUT2D eigenvalue weighted by Crippen LogP contribution is -2.46. The molecule has 3 N–H and O–H groups in total.